The first-order chi connectivity index (χ1) is 6.59. The van der Waals surface area contributed by atoms with E-state index in [1.165, 1.54) is 5.56 Å². The van der Waals surface area contributed by atoms with Crippen LogP contribution in [0.3, 0.4) is 0 Å². The highest BCUT2D eigenvalue weighted by molar-refractivity contribution is 8.22. The summed E-state index contributed by atoms with van der Waals surface area (Å²) in [6.07, 6.45) is 0. The summed E-state index contributed by atoms with van der Waals surface area (Å²) in [7, 11) is 3.90. The van der Waals surface area contributed by atoms with Gasteiger partial charge < -0.3 is 4.90 Å². The summed E-state index contributed by atoms with van der Waals surface area (Å²) in [6, 6.07) is 7.85. The molecular formula is C10H12ClNS2. The van der Waals surface area contributed by atoms with Crippen LogP contribution in [0, 0.1) is 0 Å². The number of hydrogen-bond acceptors (Lipinski definition) is 2. The van der Waals surface area contributed by atoms with Gasteiger partial charge in [0.25, 0.3) is 0 Å². The Bertz CT molecular complexity index is 326. The Kier molecular flexibility index (Phi) is 4.72. The molecule has 1 aromatic carbocycles. The summed E-state index contributed by atoms with van der Waals surface area (Å²) in [4.78, 5) is 1.94. The lowest BCUT2D eigenvalue weighted by atomic mass is 10.2. The van der Waals surface area contributed by atoms with Gasteiger partial charge in [-0.05, 0) is 17.7 Å². The molecule has 76 valence electrons. The number of benzene rings is 1. The predicted octanol–water partition coefficient (Wildman–Crippen LogP) is 3.42. The Labute approximate surface area is 99.4 Å². The SMILES string of the molecule is CN(C)C(=S)SCc1cccc(Cl)c1. The van der Waals surface area contributed by atoms with E-state index in [2.05, 4.69) is 6.07 Å². The number of thioether (sulfide) groups is 1. The van der Waals surface area contributed by atoms with Crippen molar-refractivity contribution in [3.05, 3.63) is 34.9 Å². The van der Waals surface area contributed by atoms with Gasteiger partial charge in [0.1, 0.15) is 4.32 Å². The van der Waals surface area contributed by atoms with Crippen molar-refractivity contribution in [3.8, 4) is 0 Å². The fourth-order valence-electron chi connectivity index (χ4n) is 0.901. The van der Waals surface area contributed by atoms with E-state index in [0.29, 0.717) is 0 Å². The summed E-state index contributed by atoms with van der Waals surface area (Å²) < 4.78 is 0.893. The Morgan fingerprint density at radius 1 is 1.50 bits per heavy atom. The van der Waals surface area contributed by atoms with Crippen LogP contribution in [0.1, 0.15) is 5.56 Å². The Morgan fingerprint density at radius 2 is 2.21 bits per heavy atom. The highest BCUT2D eigenvalue weighted by Gasteiger charge is 2.00. The number of halogens is 1. The number of thiocarbonyl (C=S) groups is 1. The second-order valence-corrected chi connectivity index (χ2v) is 5.12. The standard InChI is InChI=1S/C10H12ClNS2/c1-12(2)10(13)14-7-8-4-3-5-9(11)6-8/h3-6H,7H2,1-2H3. The summed E-state index contributed by atoms with van der Waals surface area (Å²) in [5, 5.41) is 0.777. The van der Waals surface area contributed by atoms with Crippen molar-refractivity contribution in [2.75, 3.05) is 14.1 Å². The molecule has 0 amide bonds. The van der Waals surface area contributed by atoms with E-state index >= 15 is 0 Å². The maximum atomic E-state index is 5.87. The molecule has 0 aliphatic carbocycles. The number of rotatable bonds is 2. The van der Waals surface area contributed by atoms with E-state index in [9.17, 15) is 0 Å². The molecule has 0 saturated heterocycles. The average Bonchev–Trinajstić information content (AvgIpc) is 2.14. The number of hydrogen-bond donors (Lipinski definition) is 0. The van der Waals surface area contributed by atoms with Gasteiger partial charge in [-0.2, -0.15) is 0 Å². The van der Waals surface area contributed by atoms with Crippen LogP contribution in [0.25, 0.3) is 0 Å². The molecule has 0 aromatic heterocycles. The maximum Gasteiger partial charge on any atom is 0.136 e. The predicted molar refractivity (Wildman–Crippen MR) is 69.0 cm³/mol. The molecule has 0 saturated carbocycles. The van der Waals surface area contributed by atoms with Crippen LogP contribution in [-0.2, 0) is 5.75 Å². The molecule has 0 spiro atoms. The Morgan fingerprint density at radius 3 is 2.79 bits per heavy atom. The van der Waals surface area contributed by atoms with Crippen LogP contribution in [0.5, 0.6) is 0 Å². The lowest BCUT2D eigenvalue weighted by molar-refractivity contribution is 0.648. The molecule has 1 nitrogen and oxygen atoms in total. The third-order valence-corrected chi connectivity index (χ3v) is 3.66. The van der Waals surface area contributed by atoms with E-state index in [-0.39, 0.29) is 0 Å². The van der Waals surface area contributed by atoms with E-state index in [4.69, 9.17) is 23.8 Å². The minimum Gasteiger partial charge on any atom is -0.364 e. The zero-order chi connectivity index (χ0) is 10.6. The van der Waals surface area contributed by atoms with Crippen molar-refractivity contribution < 1.29 is 0 Å². The van der Waals surface area contributed by atoms with Crippen LogP contribution in [0.4, 0.5) is 0 Å². The van der Waals surface area contributed by atoms with Gasteiger partial charge in [0, 0.05) is 24.9 Å². The highest BCUT2D eigenvalue weighted by atomic mass is 35.5. The van der Waals surface area contributed by atoms with Crippen LogP contribution >= 0.6 is 35.6 Å². The van der Waals surface area contributed by atoms with Crippen LogP contribution < -0.4 is 0 Å². The molecule has 0 radical (unpaired) electrons. The summed E-state index contributed by atoms with van der Waals surface area (Å²) in [5.41, 5.74) is 1.20. The fraction of sp³-hybridized carbons (Fsp3) is 0.300. The first-order valence-electron chi connectivity index (χ1n) is 4.18. The number of nitrogens with zero attached hydrogens (tertiary/aromatic N) is 1. The molecule has 4 heteroatoms. The van der Waals surface area contributed by atoms with Gasteiger partial charge in [-0.3, -0.25) is 0 Å². The van der Waals surface area contributed by atoms with E-state index in [1.54, 1.807) is 11.8 Å². The quantitative estimate of drug-likeness (QED) is 0.736. The first kappa shape index (κ1) is 11.8. The van der Waals surface area contributed by atoms with Crippen LogP contribution in [0.15, 0.2) is 24.3 Å². The molecule has 1 aromatic rings. The largest absolute Gasteiger partial charge is 0.364 e. The molecule has 1 rings (SSSR count). The second kappa shape index (κ2) is 5.59. The van der Waals surface area contributed by atoms with Crippen molar-refractivity contribution in [1.82, 2.24) is 4.90 Å². The van der Waals surface area contributed by atoms with E-state index in [1.807, 2.05) is 37.2 Å². The first-order valence-corrected chi connectivity index (χ1v) is 5.95. The van der Waals surface area contributed by atoms with Crippen molar-refractivity contribution in [2.45, 2.75) is 5.75 Å². The van der Waals surface area contributed by atoms with Gasteiger partial charge in [0.2, 0.25) is 0 Å². The molecular weight excluding hydrogens is 234 g/mol. The van der Waals surface area contributed by atoms with E-state index < -0.39 is 0 Å². The maximum absolute atomic E-state index is 5.87. The third-order valence-electron chi connectivity index (χ3n) is 1.62. The molecule has 0 aliphatic rings. The van der Waals surface area contributed by atoms with Gasteiger partial charge in [-0.15, -0.1) is 0 Å². The summed E-state index contributed by atoms with van der Waals surface area (Å²) in [5.74, 6) is 0.873. The molecule has 0 N–H and O–H groups in total. The lowest BCUT2D eigenvalue weighted by Gasteiger charge is -2.12. The molecule has 14 heavy (non-hydrogen) atoms. The highest BCUT2D eigenvalue weighted by Crippen LogP contribution is 2.18. The lowest BCUT2D eigenvalue weighted by Crippen LogP contribution is -2.16. The van der Waals surface area contributed by atoms with Gasteiger partial charge in [0.15, 0.2) is 0 Å². The average molecular weight is 246 g/mol. The second-order valence-electron chi connectivity index (χ2n) is 3.08. The van der Waals surface area contributed by atoms with Gasteiger partial charge in [-0.25, -0.2) is 0 Å². The Hall–Kier alpha value is -0.250. The van der Waals surface area contributed by atoms with Crippen LogP contribution in [-0.4, -0.2) is 23.3 Å². The zero-order valence-corrected chi connectivity index (χ0v) is 10.5. The van der Waals surface area contributed by atoms with E-state index in [0.717, 1.165) is 15.1 Å². The molecule has 0 heterocycles. The van der Waals surface area contributed by atoms with Gasteiger partial charge in [0.05, 0.1) is 0 Å². The minimum atomic E-state index is 0.777. The van der Waals surface area contributed by atoms with Crippen molar-refractivity contribution >= 4 is 39.9 Å². The molecule has 0 fully saturated rings. The fourth-order valence-corrected chi connectivity index (χ4v) is 2.02. The van der Waals surface area contributed by atoms with Crippen molar-refractivity contribution in [3.63, 3.8) is 0 Å². The smallest absolute Gasteiger partial charge is 0.136 e. The molecule has 0 bridgehead atoms. The molecule has 0 unspecified atom stereocenters. The Balaban J connectivity index is 2.50. The van der Waals surface area contributed by atoms with Crippen LogP contribution in [0.2, 0.25) is 5.02 Å². The molecule has 0 aliphatic heterocycles. The van der Waals surface area contributed by atoms with Crippen molar-refractivity contribution in [2.24, 2.45) is 0 Å². The normalized spacial score (nSPS) is 9.93. The zero-order valence-electron chi connectivity index (χ0n) is 8.16. The van der Waals surface area contributed by atoms with Crippen molar-refractivity contribution in [1.29, 1.82) is 0 Å². The molecule has 0 atom stereocenters. The van der Waals surface area contributed by atoms with Gasteiger partial charge >= 0.3 is 0 Å². The topological polar surface area (TPSA) is 3.24 Å². The minimum absolute atomic E-state index is 0.777. The summed E-state index contributed by atoms with van der Waals surface area (Å²) in [6.45, 7) is 0. The monoisotopic (exact) mass is 245 g/mol. The summed E-state index contributed by atoms with van der Waals surface area (Å²) >= 11 is 12.7. The third kappa shape index (κ3) is 3.86. The van der Waals surface area contributed by atoms with Gasteiger partial charge in [-0.1, -0.05) is 47.7 Å².